The highest BCUT2D eigenvalue weighted by Gasteiger charge is 2.30. The van der Waals surface area contributed by atoms with Gasteiger partial charge in [0.15, 0.2) is 0 Å². The molecular weight excluding hydrogens is 240 g/mol. The van der Waals surface area contributed by atoms with Gasteiger partial charge in [0, 0.05) is 11.7 Å². The molecule has 1 aliphatic carbocycles. The van der Waals surface area contributed by atoms with Gasteiger partial charge in [0.1, 0.15) is 0 Å². The fourth-order valence-corrected chi connectivity index (χ4v) is 2.46. The summed E-state index contributed by atoms with van der Waals surface area (Å²) in [6.45, 7) is 2.28. The van der Waals surface area contributed by atoms with Gasteiger partial charge in [-0.3, -0.25) is 4.79 Å². The molecular formula is C15H18N2O2. The Balaban J connectivity index is 1.87. The zero-order valence-electron chi connectivity index (χ0n) is 11.1. The number of esters is 1. The number of benzene rings is 1. The van der Waals surface area contributed by atoms with E-state index in [1.165, 1.54) is 0 Å². The summed E-state index contributed by atoms with van der Waals surface area (Å²) < 4.78 is 5.05. The van der Waals surface area contributed by atoms with Crippen molar-refractivity contribution in [3.8, 4) is 6.07 Å². The van der Waals surface area contributed by atoms with Gasteiger partial charge < -0.3 is 10.1 Å². The smallest absolute Gasteiger partial charge is 0.308 e. The third-order valence-electron chi connectivity index (χ3n) is 3.44. The van der Waals surface area contributed by atoms with Crippen LogP contribution in [0.3, 0.4) is 0 Å². The highest BCUT2D eigenvalue weighted by molar-refractivity contribution is 5.73. The summed E-state index contributed by atoms with van der Waals surface area (Å²) in [4.78, 5) is 11.6. The molecule has 0 aromatic heterocycles. The molecule has 100 valence electrons. The van der Waals surface area contributed by atoms with Crippen LogP contribution in [0.4, 0.5) is 5.69 Å². The predicted molar refractivity (Wildman–Crippen MR) is 72.5 cm³/mol. The molecule has 19 heavy (non-hydrogen) atoms. The van der Waals surface area contributed by atoms with Gasteiger partial charge in [0.25, 0.3) is 0 Å². The van der Waals surface area contributed by atoms with Gasteiger partial charge in [0.05, 0.1) is 24.2 Å². The summed E-state index contributed by atoms with van der Waals surface area (Å²) in [6.07, 6.45) is 2.68. The van der Waals surface area contributed by atoms with Gasteiger partial charge in [-0.25, -0.2) is 0 Å². The largest absolute Gasteiger partial charge is 0.466 e. The third kappa shape index (κ3) is 3.47. The predicted octanol–water partition coefficient (Wildman–Crippen LogP) is 2.70. The molecule has 2 rings (SSSR count). The number of hydrogen-bond acceptors (Lipinski definition) is 4. The molecule has 1 unspecified atom stereocenters. The molecule has 1 aromatic rings. The fourth-order valence-electron chi connectivity index (χ4n) is 2.46. The van der Waals surface area contributed by atoms with Crippen LogP contribution in [0.25, 0.3) is 0 Å². The maximum Gasteiger partial charge on any atom is 0.308 e. The number of nitrogens with zero attached hydrogens (tertiary/aromatic N) is 1. The number of hydrogen-bond donors (Lipinski definition) is 1. The summed E-state index contributed by atoms with van der Waals surface area (Å²) in [5, 5.41) is 12.1. The number of carbonyl (C=O) groups is 1. The molecule has 0 radical (unpaired) electrons. The fraction of sp³-hybridized carbons (Fsp3) is 0.467. The van der Waals surface area contributed by atoms with Crippen LogP contribution in [0.2, 0.25) is 0 Å². The Hall–Kier alpha value is -2.02. The SMILES string of the molecule is CCOC(=O)C1CC[C@@H](Nc2ccc(C#N)cc2)C1. The number of ether oxygens (including phenoxy) is 1. The molecule has 2 atom stereocenters. The van der Waals surface area contributed by atoms with E-state index in [4.69, 9.17) is 10.00 Å². The van der Waals surface area contributed by atoms with E-state index in [2.05, 4.69) is 11.4 Å². The lowest BCUT2D eigenvalue weighted by Crippen LogP contribution is -2.19. The molecule has 0 saturated heterocycles. The lowest BCUT2D eigenvalue weighted by atomic mass is 10.1. The van der Waals surface area contributed by atoms with Crippen molar-refractivity contribution in [2.45, 2.75) is 32.2 Å². The van der Waals surface area contributed by atoms with Crippen LogP contribution in [0.5, 0.6) is 0 Å². The second kappa shape index (κ2) is 6.24. The van der Waals surface area contributed by atoms with Gasteiger partial charge in [-0.2, -0.15) is 5.26 Å². The lowest BCUT2D eigenvalue weighted by molar-refractivity contribution is -0.147. The van der Waals surface area contributed by atoms with Crippen LogP contribution < -0.4 is 5.32 Å². The zero-order chi connectivity index (χ0) is 13.7. The van der Waals surface area contributed by atoms with Crippen molar-refractivity contribution in [1.82, 2.24) is 0 Å². The Morgan fingerprint density at radius 1 is 1.42 bits per heavy atom. The number of carbonyl (C=O) groups excluding carboxylic acids is 1. The number of rotatable bonds is 4. The van der Waals surface area contributed by atoms with Crippen LogP contribution in [0.15, 0.2) is 24.3 Å². The van der Waals surface area contributed by atoms with E-state index < -0.39 is 0 Å². The van der Waals surface area contributed by atoms with Crippen LogP contribution in [-0.4, -0.2) is 18.6 Å². The molecule has 4 heteroatoms. The quantitative estimate of drug-likeness (QED) is 0.843. The number of nitriles is 1. The molecule has 0 heterocycles. The highest BCUT2D eigenvalue weighted by atomic mass is 16.5. The summed E-state index contributed by atoms with van der Waals surface area (Å²) in [5.74, 6) is -0.0533. The minimum Gasteiger partial charge on any atom is -0.466 e. The van der Waals surface area contributed by atoms with E-state index in [-0.39, 0.29) is 11.9 Å². The van der Waals surface area contributed by atoms with Crippen LogP contribution in [0.1, 0.15) is 31.7 Å². The standard InChI is InChI=1S/C15H18N2O2/c1-2-19-15(18)12-5-8-14(9-12)17-13-6-3-11(10-16)4-7-13/h3-4,6-7,12,14,17H,2,5,8-9H2,1H3/t12?,14-/m1/s1. The van der Waals surface area contributed by atoms with E-state index in [1.807, 2.05) is 19.1 Å². The Kier molecular flexibility index (Phi) is 4.40. The van der Waals surface area contributed by atoms with E-state index >= 15 is 0 Å². The third-order valence-corrected chi connectivity index (χ3v) is 3.44. The first-order chi connectivity index (χ1) is 9.22. The summed E-state index contributed by atoms with van der Waals surface area (Å²) in [5.41, 5.74) is 1.65. The Labute approximate surface area is 113 Å². The monoisotopic (exact) mass is 258 g/mol. The first-order valence-electron chi connectivity index (χ1n) is 6.66. The summed E-state index contributed by atoms with van der Waals surface area (Å²) in [7, 11) is 0. The molecule has 1 fully saturated rings. The van der Waals surface area contributed by atoms with Crippen molar-refractivity contribution >= 4 is 11.7 Å². The van der Waals surface area contributed by atoms with Crippen molar-refractivity contribution in [2.75, 3.05) is 11.9 Å². The van der Waals surface area contributed by atoms with E-state index in [9.17, 15) is 4.79 Å². The lowest BCUT2D eigenvalue weighted by Gasteiger charge is -2.14. The maximum atomic E-state index is 11.6. The second-order valence-corrected chi connectivity index (χ2v) is 4.79. The molecule has 1 aromatic carbocycles. The summed E-state index contributed by atoms with van der Waals surface area (Å²) >= 11 is 0. The molecule has 4 nitrogen and oxygen atoms in total. The van der Waals surface area contributed by atoms with Crippen molar-refractivity contribution in [3.05, 3.63) is 29.8 Å². The zero-order valence-corrected chi connectivity index (χ0v) is 11.1. The first kappa shape index (κ1) is 13.4. The van der Waals surface area contributed by atoms with Crippen LogP contribution in [-0.2, 0) is 9.53 Å². The normalized spacial score (nSPS) is 21.7. The van der Waals surface area contributed by atoms with Gasteiger partial charge in [-0.15, -0.1) is 0 Å². The first-order valence-corrected chi connectivity index (χ1v) is 6.66. The number of nitrogens with one attached hydrogen (secondary N) is 1. The molecule has 1 saturated carbocycles. The van der Waals surface area contributed by atoms with Crippen molar-refractivity contribution in [3.63, 3.8) is 0 Å². The minimum absolute atomic E-state index is 0.0239. The topological polar surface area (TPSA) is 62.1 Å². The van der Waals surface area contributed by atoms with E-state index in [0.29, 0.717) is 18.2 Å². The maximum absolute atomic E-state index is 11.6. The average Bonchev–Trinajstić information content (AvgIpc) is 2.88. The molecule has 0 bridgehead atoms. The Morgan fingerprint density at radius 3 is 2.79 bits per heavy atom. The van der Waals surface area contributed by atoms with Gasteiger partial charge >= 0.3 is 5.97 Å². The van der Waals surface area contributed by atoms with Crippen molar-refractivity contribution in [2.24, 2.45) is 5.92 Å². The van der Waals surface area contributed by atoms with Gasteiger partial charge in [-0.05, 0) is 50.5 Å². The van der Waals surface area contributed by atoms with Crippen LogP contribution in [0, 0.1) is 17.2 Å². The summed E-state index contributed by atoms with van der Waals surface area (Å²) in [6, 6.07) is 9.78. The van der Waals surface area contributed by atoms with E-state index in [0.717, 1.165) is 24.9 Å². The number of anilines is 1. The Bertz CT molecular complexity index is 476. The Morgan fingerprint density at radius 2 is 2.16 bits per heavy atom. The molecule has 1 N–H and O–H groups in total. The van der Waals surface area contributed by atoms with Gasteiger partial charge in [0.2, 0.25) is 0 Å². The van der Waals surface area contributed by atoms with Crippen molar-refractivity contribution < 1.29 is 9.53 Å². The van der Waals surface area contributed by atoms with Crippen molar-refractivity contribution in [1.29, 1.82) is 5.26 Å². The molecule has 0 aliphatic heterocycles. The van der Waals surface area contributed by atoms with E-state index in [1.54, 1.807) is 12.1 Å². The minimum atomic E-state index is -0.0772. The molecule has 0 spiro atoms. The van der Waals surface area contributed by atoms with Gasteiger partial charge in [-0.1, -0.05) is 0 Å². The molecule has 0 amide bonds. The second-order valence-electron chi connectivity index (χ2n) is 4.79. The highest BCUT2D eigenvalue weighted by Crippen LogP contribution is 2.29. The van der Waals surface area contributed by atoms with Crippen LogP contribution >= 0.6 is 0 Å². The average molecular weight is 258 g/mol. The molecule has 1 aliphatic rings.